The van der Waals surface area contributed by atoms with E-state index < -0.39 is 21.8 Å². The molecule has 2 aromatic carbocycles. The molecule has 0 spiro atoms. The number of para-hydroxylation sites is 2. The molecule has 2 aliphatic heterocycles. The standard InChI is InChI=1S/C24H30FN3O5S/c1-32-21-8-4-3-7-20(21)26-12-14-27(15-13-26)24(29)18-6-5-11-28(17-18)34(30,31)23-16-19(25)9-10-22(23)33-2/h3-4,7-10,16,18H,5-6,11-15,17H2,1-2H3/t18-/m1/s1. The number of rotatable bonds is 6. The van der Waals surface area contributed by atoms with E-state index in [1.807, 2.05) is 29.2 Å². The van der Waals surface area contributed by atoms with Gasteiger partial charge in [-0.15, -0.1) is 0 Å². The summed E-state index contributed by atoms with van der Waals surface area (Å²) in [5, 5.41) is 0. The van der Waals surface area contributed by atoms with Crippen molar-refractivity contribution in [1.29, 1.82) is 0 Å². The average molecular weight is 492 g/mol. The first-order valence-corrected chi connectivity index (χ1v) is 12.8. The Bertz CT molecular complexity index is 1140. The average Bonchev–Trinajstić information content (AvgIpc) is 2.88. The Morgan fingerprint density at radius 3 is 2.38 bits per heavy atom. The Kier molecular flexibility index (Phi) is 7.27. The molecule has 0 saturated carbocycles. The molecule has 2 aliphatic rings. The minimum Gasteiger partial charge on any atom is -0.495 e. The highest BCUT2D eigenvalue weighted by Crippen LogP contribution is 2.32. The van der Waals surface area contributed by atoms with Crippen LogP contribution in [0.2, 0.25) is 0 Å². The summed E-state index contributed by atoms with van der Waals surface area (Å²) in [6.45, 7) is 2.80. The summed E-state index contributed by atoms with van der Waals surface area (Å²) in [7, 11) is -1.02. The molecule has 0 unspecified atom stereocenters. The Balaban J connectivity index is 1.43. The first-order valence-electron chi connectivity index (χ1n) is 11.4. The van der Waals surface area contributed by atoms with Crippen molar-refractivity contribution in [3.63, 3.8) is 0 Å². The largest absolute Gasteiger partial charge is 0.495 e. The van der Waals surface area contributed by atoms with Gasteiger partial charge in [-0.2, -0.15) is 4.31 Å². The van der Waals surface area contributed by atoms with E-state index in [0.29, 0.717) is 39.0 Å². The van der Waals surface area contributed by atoms with E-state index in [1.54, 1.807) is 7.11 Å². The number of piperidine rings is 1. The molecule has 1 atom stereocenters. The lowest BCUT2D eigenvalue weighted by Gasteiger charge is -2.39. The van der Waals surface area contributed by atoms with Gasteiger partial charge in [-0.05, 0) is 43.2 Å². The lowest BCUT2D eigenvalue weighted by Crippen LogP contribution is -2.53. The number of hydrogen-bond donors (Lipinski definition) is 0. The van der Waals surface area contributed by atoms with Crippen LogP contribution in [0.15, 0.2) is 47.4 Å². The Morgan fingerprint density at radius 1 is 0.971 bits per heavy atom. The third-order valence-corrected chi connectivity index (χ3v) is 8.38. The van der Waals surface area contributed by atoms with E-state index in [4.69, 9.17) is 9.47 Å². The molecule has 184 valence electrons. The van der Waals surface area contributed by atoms with E-state index in [9.17, 15) is 17.6 Å². The van der Waals surface area contributed by atoms with Crippen LogP contribution in [-0.2, 0) is 14.8 Å². The number of nitrogens with zero attached hydrogens (tertiary/aromatic N) is 3. The molecular weight excluding hydrogens is 461 g/mol. The van der Waals surface area contributed by atoms with Crippen molar-refractivity contribution in [2.75, 3.05) is 58.4 Å². The number of sulfonamides is 1. The third kappa shape index (κ3) is 4.83. The Labute approximate surface area is 199 Å². The predicted octanol–water partition coefficient (Wildman–Crippen LogP) is 2.59. The van der Waals surface area contributed by atoms with Crippen molar-refractivity contribution < 1.29 is 27.1 Å². The van der Waals surface area contributed by atoms with Crippen molar-refractivity contribution in [2.24, 2.45) is 5.92 Å². The number of carbonyl (C=O) groups is 1. The van der Waals surface area contributed by atoms with Crippen LogP contribution in [0.5, 0.6) is 11.5 Å². The van der Waals surface area contributed by atoms with Gasteiger partial charge in [0.15, 0.2) is 0 Å². The normalized spacial score (nSPS) is 19.7. The molecule has 4 rings (SSSR count). The molecule has 2 heterocycles. The number of carbonyl (C=O) groups excluding carboxylic acids is 1. The number of anilines is 1. The smallest absolute Gasteiger partial charge is 0.246 e. The second kappa shape index (κ2) is 10.2. The zero-order chi connectivity index (χ0) is 24.3. The fourth-order valence-electron chi connectivity index (χ4n) is 4.67. The highest BCUT2D eigenvalue weighted by molar-refractivity contribution is 7.89. The molecule has 0 bridgehead atoms. The SMILES string of the molecule is COc1ccccc1N1CCN(C(=O)[C@@H]2CCCN(S(=O)(=O)c3cc(F)ccc3OC)C2)CC1. The third-order valence-electron chi connectivity index (χ3n) is 6.49. The van der Waals surface area contributed by atoms with Crippen molar-refractivity contribution in [2.45, 2.75) is 17.7 Å². The van der Waals surface area contributed by atoms with E-state index in [-0.39, 0.29) is 29.6 Å². The molecule has 8 nitrogen and oxygen atoms in total. The summed E-state index contributed by atoms with van der Waals surface area (Å²) in [5.74, 6) is -0.242. The van der Waals surface area contributed by atoms with Crippen LogP contribution in [0.25, 0.3) is 0 Å². The summed E-state index contributed by atoms with van der Waals surface area (Å²) in [6.07, 6.45) is 1.19. The minimum atomic E-state index is -4.00. The maximum atomic E-state index is 13.8. The molecule has 1 amide bonds. The van der Waals surface area contributed by atoms with Gasteiger partial charge in [-0.3, -0.25) is 4.79 Å². The number of halogens is 1. The van der Waals surface area contributed by atoms with Gasteiger partial charge in [0.25, 0.3) is 0 Å². The molecule has 2 aromatic rings. The summed E-state index contributed by atoms with van der Waals surface area (Å²) >= 11 is 0. The number of piperazine rings is 1. The van der Waals surface area contributed by atoms with Crippen LogP contribution in [0.4, 0.5) is 10.1 Å². The minimum absolute atomic E-state index is 0.0363. The van der Waals surface area contributed by atoms with Crippen molar-refractivity contribution in [3.8, 4) is 11.5 Å². The quantitative estimate of drug-likeness (QED) is 0.618. The maximum absolute atomic E-state index is 13.8. The number of amides is 1. The highest BCUT2D eigenvalue weighted by atomic mass is 32.2. The van der Waals surface area contributed by atoms with E-state index in [2.05, 4.69) is 4.90 Å². The summed E-state index contributed by atoms with van der Waals surface area (Å²) < 4.78 is 52.2. The van der Waals surface area contributed by atoms with Gasteiger partial charge in [0.05, 0.1) is 25.8 Å². The van der Waals surface area contributed by atoms with Gasteiger partial charge < -0.3 is 19.3 Å². The first kappa shape index (κ1) is 24.3. The summed E-state index contributed by atoms with van der Waals surface area (Å²) in [4.78, 5) is 17.1. The van der Waals surface area contributed by atoms with Gasteiger partial charge in [0.1, 0.15) is 22.2 Å². The second-order valence-corrected chi connectivity index (χ2v) is 10.4. The van der Waals surface area contributed by atoms with E-state index in [0.717, 1.165) is 23.6 Å². The van der Waals surface area contributed by atoms with Gasteiger partial charge in [-0.1, -0.05) is 12.1 Å². The molecule has 2 saturated heterocycles. The van der Waals surface area contributed by atoms with Gasteiger partial charge in [0, 0.05) is 39.3 Å². The lowest BCUT2D eigenvalue weighted by molar-refractivity contribution is -0.137. The van der Waals surface area contributed by atoms with E-state index >= 15 is 0 Å². The van der Waals surface area contributed by atoms with Crippen LogP contribution in [0.1, 0.15) is 12.8 Å². The van der Waals surface area contributed by atoms with Crippen molar-refractivity contribution in [3.05, 3.63) is 48.3 Å². The molecule has 0 radical (unpaired) electrons. The zero-order valence-electron chi connectivity index (χ0n) is 19.4. The van der Waals surface area contributed by atoms with Gasteiger partial charge >= 0.3 is 0 Å². The molecule has 34 heavy (non-hydrogen) atoms. The van der Waals surface area contributed by atoms with Crippen LogP contribution >= 0.6 is 0 Å². The topological polar surface area (TPSA) is 79.4 Å². The predicted molar refractivity (Wildman–Crippen MR) is 126 cm³/mol. The van der Waals surface area contributed by atoms with Gasteiger partial charge in [-0.25, -0.2) is 12.8 Å². The number of ether oxygens (including phenoxy) is 2. The number of benzene rings is 2. The van der Waals surface area contributed by atoms with Crippen LogP contribution in [-0.4, -0.2) is 77.0 Å². The number of methoxy groups -OCH3 is 2. The summed E-state index contributed by atoms with van der Waals surface area (Å²) in [5.41, 5.74) is 0.996. The zero-order valence-corrected chi connectivity index (χ0v) is 20.3. The van der Waals surface area contributed by atoms with Crippen molar-refractivity contribution >= 4 is 21.6 Å². The lowest BCUT2D eigenvalue weighted by atomic mass is 9.97. The van der Waals surface area contributed by atoms with E-state index in [1.165, 1.54) is 17.5 Å². The fraction of sp³-hybridized carbons (Fsp3) is 0.458. The molecule has 0 aromatic heterocycles. The monoisotopic (exact) mass is 491 g/mol. The summed E-state index contributed by atoms with van der Waals surface area (Å²) in [6, 6.07) is 11.2. The Morgan fingerprint density at radius 2 is 1.68 bits per heavy atom. The molecular formula is C24H30FN3O5S. The van der Waals surface area contributed by atoms with Crippen LogP contribution < -0.4 is 14.4 Å². The molecule has 10 heteroatoms. The number of hydrogen-bond acceptors (Lipinski definition) is 6. The molecule has 2 fully saturated rings. The maximum Gasteiger partial charge on any atom is 0.246 e. The van der Waals surface area contributed by atoms with Gasteiger partial charge in [0.2, 0.25) is 15.9 Å². The Hall–Kier alpha value is -2.85. The second-order valence-electron chi connectivity index (χ2n) is 8.48. The molecule has 0 aliphatic carbocycles. The fourth-order valence-corrected chi connectivity index (χ4v) is 6.36. The highest BCUT2D eigenvalue weighted by Gasteiger charge is 2.37. The van der Waals surface area contributed by atoms with Crippen LogP contribution in [0.3, 0.4) is 0 Å². The van der Waals surface area contributed by atoms with Crippen LogP contribution in [0, 0.1) is 11.7 Å². The molecule has 0 N–H and O–H groups in total. The van der Waals surface area contributed by atoms with Crippen molar-refractivity contribution in [1.82, 2.24) is 9.21 Å². The first-order chi connectivity index (χ1) is 16.3.